The van der Waals surface area contributed by atoms with Gasteiger partial charge in [-0.1, -0.05) is 84.3 Å². The molecule has 340 valence electrons. The first kappa shape index (κ1) is 54.8. The number of hydrogen-bond donors (Lipinski definition) is 4. The van der Waals surface area contributed by atoms with Crippen molar-refractivity contribution in [2.75, 3.05) is 28.4 Å². The Morgan fingerprint density at radius 1 is 0.571 bits per heavy atom. The molecule has 12 nitrogen and oxygen atoms in total. The largest absolute Gasteiger partial charge is 0.493 e. The summed E-state index contributed by atoms with van der Waals surface area (Å²) in [5, 5.41) is 39.0. The van der Waals surface area contributed by atoms with Gasteiger partial charge in [0.1, 0.15) is 5.78 Å². The predicted molar refractivity (Wildman–Crippen MR) is 248 cm³/mol. The van der Waals surface area contributed by atoms with Crippen LogP contribution in [0.2, 0.25) is 0 Å². The molecule has 0 spiro atoms. The smallest absolute Gasteiger partial charge is 0.167 e. The lowest BCUT2D eigenvalue weighted by molar-refractivity contribution is -0.131. The van der Waals surface area contributed by atoms with Crippen LogP contribution in [0.15, 0.2) is 91.0 Å². The van der Waals surface area contributed by atoms with Crippen molar-refractivity contribution in [1.82, 2.24) is 0 Å². The van der Waals surface area contributed by atoms with Crippen LogP contribution in [0.25, 0.3) is 18.2 Å². The molecule has 1 aliphatic carbocycles. The van der Waals surface area contributed by atoms with Gasteiger partial charge in [0.2, 0.25) is 0 Å². The summed E-state index contributed by atoms with van der Waals surface area (Å²) in [5.74, 6) is -3.48. The van der Waals surface area contributed by atoms with Gasteiger partial charge in [-0.05, 0) is 106 Å². The molecule has 4 aromatic rings. The van der Waals surface area contributed by atoms with Crippen LogP contribution in [0.3, 0.4) is 0 Å². The number of carbonyl (C=O) groups excluding carboxylic acids is 4. The molecule has 0 heterocycles. The zero-order valence-electron chi connectivity index (χ0n) is 33.3. The first-order valence-corrected chi connectivity index (χ1v) is 18.8. The number of hydrogen-bond acceptors (Lipinski definition) is 12. The van der Waals surface area contributed by atoms with Crippen molar-refractivity contribution in [3.8, 4) is 23.0 Å². The van der Waals surface area contributed by atoms with Gasteiger partial charge in [-0.15, -0.1) is 0 Å². The summed E-state index contributed by atoms with van der Waals surface area (Å²) in [6.07, 6.45) is 7.79. The number of carbonyl (C=O) groups is 4. The van der Waals surface area contributed by atoms with Gasteiger partial charge in [0.05, 0.1) is 66.7 Å². The summed E-state index contributed by atoms with van der Waals surface area (Å²) in [6.45, 7) is -1.24. The average Bonchev–Trinajstić information content (AvgIpc) is 3.62. The van der Waals surface area contributed by atoms with Crippen LogP contribution in [0.1, 0.15) is 87.1 Å². The van der Waals surface area contributed by atoms with E-state index in [2.05, 4.69) is 0 Å². The molecule has 3 unspecified atom stereocenters. The van der Waals surface area contributed by atoms with E-state index in [4.69, 9.17) is 18.9 Å². The van der Waals surface area contributed by atoms with Gasteiger partial charge in [-0.3, -0.25) is 19.2 Å². The van der Waals surface area contributed by atoms with Gasteiger partial charge in [0.25, 0.3) is 0 Å². The summed E-state index contributed by atoms with van der Waals surface area (Å²) < 4.78 is 21.9. The Labute approximate surface area is 372 Å². The van der Waals surface area contributed by atoms with Crippen LogP contribution < -0.4 is 18.9 Å². The molecular formula is C51H64O12. The molecule has 63 heavy (non-hydrogen) atoms. The minimum absolute atomic E-state index is 0. The number of aliphatic hydroxyl groups excluding tert-OH is 4. The van der Waals surface area contributed by atoms with Gasteiger partial charge in [0, 0.05) is 11.8 Å². The maximum atomic E-state index is 14.7. The van der Waals surface area contributed by atoms with Gasteiger partial charge < -0.3 is 39.4 Å². The Balaban J connectivity index is 0.00000496. The summed E-state index contributed by atoms with van der Waals surface area (Å²) in [5.41, 5.74) is 2.49. The maximum Gasteiger partial charge on any atom is 0.167 e. The standard InChI is InChI=1S/C47H48O12.4CH4/c1-56-42-17-10-31(21-44(42)58-3)9-16-40(54)46(39(53)15-8-30-6-12-33(26-49)35(20-30)28-51)47(36-13-18-43(57-2)45(22-36)59-4)23-37(41(55)24-47)38(52)14-7-29-5-11-32(25-48)34(19-29)27-50;;;;/h5-22,37,46,48-51H,23-28H2,1-4H3;4*1H4/b14-7+,15-8+,16-9+;;;;. The molecule has 5 rings (SSSR count). The second-order valence-corrected chi connectivity index (χ2v) is 14.1. The van der Waals surface area contributed by atoms with E-state index in [0.717, 1.165) is 0 Å². The quantitative estimate of drug-likeness (QED) is 0.0528. The topological polar surface area (TPSA) is 186 Å². The molecule has 0 aliphatic heterocycles. The molecule has 0 saturated heterocycles. The van der Waals surface area contributed by atoms with Crippen LogP contribution >= 0.6 is 0 Å². The lowest BCUT2D eigenvalue weighted by Gasteiger charge is -2.35. The molecule has 1 aliphatic rings. The highest BCUT2D eigenvalue weighted by atomic mass is 16.5. The molecule has 4 N–H and O–H groups in total. The van der Waals surface area contributed by atoms with E-state index in [0.29, 0.717) is 61.8 Å². The van der Waals surface area contributed by atoms with Crippen molar-refractivity contribution in [1.29, 1.82) is 0 Å². The molecule has 1 saturated carbocycles. The van der Waals surface area contributed by atoms with Gasteiger partial charge in [0.15, 0.2) is 40.3 Å². The zero-order valence-corrected chi connectivity index (χ0v) is 33.3. The number of Topliss-reactive ketones (excluding diaryl/α,β-unsaturated/α-hetero) is 1. The van der Waals surface area contributed by atoms with E-state index < -0.39 is 40.4 Å². The van der Waals surface area contributed by atoms with Crippen molar-refractivity contribution in [3.63, 3.8) is 0 Å². The second-order valence-electron chi connectivity index (χ2n) is 14.1. The van der Waals surface area contributed by atoms with E-state index in [1.807, 2.05) is 0 Å². The fourth-order valence-corrected chi connectivity index (χ4v) is 7.58. The van der Waals surface area contributed by atoms with Crippen molar-refractivity contribution in [3.05, 3.63) is 136 Å². The van der Waals surface area contributed by atoms with Crippen molar-refractivity contribution in [2.24, 2.45) is 11.8 Å². The third-order valence-corrected chi connectivity index (χ3v) is 10.7. The zero-order chi connectivity index (χ0) is 42.7. The number of ether oxygens (including phenoxy) is 4. The van der Waals surface area contributed by atoms with Crippen LogP contribution in [-0.4, -0.2) is 72.0 Å². The minimum atomic E-state index is -1.55. The molecule has 4 aromatic carbocycles. The van der Waals surface area contributed by atoms with E-state index >= 15 is 0 Å². The maximum absolute atomic E-state index is 14.7. The summed E-state index contributed by atoms with van der Waals surface area (Å²) in [4.78, 5) is 57.5. The second kappa shape index (κ2) is 25.1. The molecule has 0 radical (unpaired) electrons. The fourth-order valence-electron chi connectivity index (χ4n) is 7.58. The number of rotatable bonds is 19. The van der Waals surface area contributed by atoms with Crippen LogP contribution in [0.5, 0.6) is 23.0 Å². The van der Waals surface area contributed by atoms with E-state index in [-0.39, 0.29) is 74.7 Å². The van der Waals surface area contributed by atoms with Gasteiger partial charge in [-0.25, -0.2) is 0 Å². The first-order valence-electron chi connectivity index (χ1n) is 18.8. The lowest BCUT2D eigenvalue weighted by Crippen LogP contribution is -2.42. The lowest BCUT2D eigenvalue weighted by atomic mass is 9.64. The van der Waals surface area contributed by atoms with Crippen molar-refractivity contribution in [2.45, 2.75) is 74.4 Å². The SMILES string of the molecule is C.C.C.C.COc1ccc(/C=C/C(=O)C(C(=O)/C=C/c2ccc(CO)c(CO)c2)C2(c3ccc(OC)c(OC)c3)CC(=O)C(C(=O)/C=C/c3ccc(CO)c(CO)c3)C2)cc1OC. The highest BCUT2D eigenvalue weighted by Gasteiger charge is 2.56. The number of aliphatic hydroxyl groups is 4. The third kappa shape index (κ3) is 12.3. The number of benzene rings is 4. The van der Waals surface area contributed by atoms with E-state index in [1.165, 1.54) is 64.9 Å². The van der Waals surface area contributed by atoms with Gasteiger partial charge >= 0.3 is 0 Å². The number of methoxy groups -OCH3 is 4. The van der Waals surface area contributed by atoms with Crippen molar-refractivity contribution >= 4 is 41.4 Å². The minimum Gasteiger partial charge on any atom is -0.493 e. The Morgan fingerprint density at radius 3 is 1.44 bits per heavy atom. The summed E-state index contributed by atoms with van der Waals surface area (Å²) in [7, 11) is 5.88. The average molecular weight is 869 g/mol. The van der Waals surface area contributed by atoms with Crippen LogP contribution in [0.4, 0.5) is 0 Å². The molecular weight excluding hydrogens is 805 g/mol. The molecule has 1 fully saturated rings. The number of allylic oxidation sites excluding steroid dienone is 3. The highest BCUT2D eigenvalue weighted by molar-refractivity contribution is 6.17. The molecule has 0 amide bonds. The molecule has 3 atom stereocenters. The van der Waals surface area contributed by atoms with Gasteiger partial charge in [-0.2, -0.15) is 0 Å². The van der Waals surface area contributed by atoms with E-state index in [1.54, 1.807) is 72.8 Å². The summed E-state index contributed by atoms with van der Waals surface area (Å²) in [6, 6.07) is 19.8. The molecule has 0 bridgehead atoms. The fraction of sp³-hybridized carbons (Fsp3) is 0.333. The van der Waals surface area contributed by atoms with Crippen LogP contribution in [-0.2, 0) is 51.0 Å². The monoisotopic (exact) mass is 868 g/mol. The van der Waals surface area contributed by atoms with Crippen molar-refractivity contribution < 1.29 is 58.6 Å². The third-order valence-electron chi connectivity index (χ3n) is 10.7. The predicted octanol–water partition coefficient (Wildman–Crippen LogP) is 7.92. The Morgan fingerprint density at radius 2 is 0.984 bits per heavy atom. The Hall–Kier alpha value is -6.18. The van der Waals surface area contributed by atoms with E-state index in [9.17, 15) is 39.6 Å². The Bertz CT molecular complexity index is 2210. The van der Waals surface area contributed by atoms with Crippen LogP contribution in [0, 0.1) is 11.8 Å². The normalized spacial score (nSPS) is 16.1. The number of ketones is 4. The highest BCUT2D eigenvalue weighted by Crippen LogP contribution is 2.51. The summed E-state index contributed by atoms with van der Waals surface area (Å²) >= 11 is 0. The molecule has 0 aromatic heterocycles. The molecule has 12 heteroatoms. The first-order chi connectivity index (χ1) is 28.5. The Kier molecular flexibility index (Phi) is 21.8.